The molecule has 0 radical (unpaired) electrons. The molecule has 4 nitrogen and oxygen atoms in total. The Morgan fingerprint density at radius 3 is 2.79 bits per heavy atom. The summed E-state index contributed by atoms with van der Waals surface area (Å²) in [5, 5.41) is 2.84. The zero-order chi connectivity index (χ0) is 14.3. The maximum Gasteiger partial charge on any atom is 0.251 e. The monoisotopic (exact) mass is 264 g/mol. The van der Waals surface area contributed by atoms with Crippen LogP contribution in [0.2, 0.25) is 0 Å². The molecule has 0 aliphatic carbocycles. The molecule has 1 aromatic carbocycles. The molecule has 0 aliphatic rings. The Kier molecular flexibility index (Phi) is 6.36. The van der Waals surface area contributed by atoms with E-state index in [2.05, 4.69) is 19.2 Å². The third-order valence-corrected chi connectivity index (χ3v) is 2.88. The van der Waals surface area contributed by atoms with Crippen molar-refractivity contribution in [1.82, 2.24) is 5.32 Å². The van der Waals surface area contributed by atoms with Gasteiger partial charge in [-0.1, -0.05) is 19.9 Å². The van der Waals surface area contributed by atoms with Crippen molar-refractivity contribution in [2.75, 3.05) is 25.5 Å². The first-order chi connectivity index (χ1) is 9.00. The molecule has 0 spiro atoms. The number of amides is 1. The SMILES string of the molecule is Cc1ccc(N)cc1C(=O)NCCOCCC(C)C. The molecule has 0 saturated heterocycles. The smallest absolute Gasteiger partial charge is 0.251 e. The Hall–Kier alpha value is -1.55. The topological polar surface area (TPSA) is 64.4 Å². The van der Waals surface area contributed by atoms with Gasteiger partial charge in [0.2, 0.25) is 0 Å². The largest absolute Gasteiger partial charge is 0.399 e. The summed E-state index contributed by atoms with van der Waals surface area (Å²) in [5.41, 5.74) is 7.83. The average Bonchev–Trinajstić information content (AvgIpc) is 2.36. The van der Waals surface area contributed by atoms with Gasteiger partial charge in [0.25, 0.3) is 5.91 Å². The number of hydrogen-bond donors (Lipinski definition) is 2. The van der Waals surface area contributed by atoms with Crippen LogP contribution in [0.5, 0.6) is 0 Å². The summed E-state index contributed by atoms with van der Waals surface area (Å²) < 4.78 is 5.45. The fourth-order valence-electron chi connectivity index (χ4n) is 1.64. The van der Waals surface area contributed by atoms with Crippen LogP contribution in [0.15, 0.2) is 18.2 Å². The van der Waals surface area contributed by atoms with Gasteiger partial charge in [0, 0.05) is 24.4 Å². The van der Waals surface area contributed by atoms with Crippen molar-refractivity contribution in [3.05, 3.63) is 29.3 Å². The summed E-state index contributed by atoms with van der Waals surface area (Å²) in [7, 11) is 0. The fourth-order valence-corrected chi connectivity index (χ4v) is 1.64. The standard InChI is InChI=1S/C15H24N2O2/c1-11(2)6-8-19-9-7-17-15(18)14-10-13(16)5-4-12(14)3/h4-5,10-11H,6-9,16H2,1-3H3,(H,17,18). The Labute approximate surface area is 115 Å². The predicted molar refractivity (Wildman–Crippen MR) is 78.2 cm³/mol. The van der Waals surface area contributed by atoms with Crippen LogP contribution in [0, 0.1) is 12.8 Å². The van der Waals surface area contributed by atoms with E-state index in [4.69, 9.17) is 10.5 Å². The van der Waals surface area contributed by atoms with E-state index >= 15 is 0 Å². The lowest BCUT2D eigenvalue weighted by Crippen LogP contribution is -2.28. The highest BCUT2D eigenvalue weighted by Gasteiger charge is 2.08. The molecule has 106 valence electrons. The van der Waals surface area contributed by atoms with Crippen LogP contribution in [-0.4, -0.2) is 25.7 Å². The second-order valence-corrected chi connectivity index (χ2v) is 5.13. The number of nitrogens with two attached hydrogens (primary N) is 1. The minimum Gasteiger partial charge on any atom is -0.399 e. The lowest BCUT2D eigenvalue weighted by Gasteiger charge is -2.09. The Balaban J connectivity index is 2.29. The number of rotatable bonds is 7. The highest BCUT2D eigenvalue weighted by molar-refractivity contribution is 5.96. The van der Waals surface area contributed by atoms with Crippen LogP contribution >= 0.6 is 0 Å². The lowest BCUT2D eigenvalue weighted by atomic mass is 10.1. The Bertz CT molecular complexity index is 417. The van der Waals surface area contributed by atoms with Crippen molar-refractivity contribution >= 4 is 11.6 Å². The van der Waals surface area contributed by atoms with E-state index in [1.807, 2.05) is 13.0 Å². The fraction of sp³-hybridized carbons (Fsp3) is 0.533. The van der Waals surface area contributed by atoms with Gasteiger partial charge in [-0.05, 0) is 37.0 Å². The highest BCUT2D eigenvalue weighted by atomic mass is 16.5. The van der Waals surface area contributed by atoms with Crippen LogP contribution in [0.3, 0.4) is 0 Å². The van der Waals surface area contributed by atoms with Crippen molar-refractivity contribution in [2.45, 2.75) is 27.2 Å². The zero-order valence-corrected chi connectivity index (χ0v) is 12.0. The van der Waals surface area contributed by atoms with Gasteiger partial charge in [0.1, 0.15) is 0 Å². The average molecular weight is 264 g/mol. The number of hydrogen-bond acceptors (Lipinski definition) is 3. The van der Waals surface area contributed by atoms with E-state index in [0.717, 1.165) is 18.6 Å². The molecule has 0 aliphatic heterocycles. The summed E-state index contributed by atoms with van der Waals surface area (Å²) in [6.07, 6.45) is 1.04. The first-order valence-electron chi connectivity index (χ1n) is 6.72. The number of aryl methyl sites for hydroxylation is 1. The van der Waals surface area contributed by atoms with E-state index in [1.54, 1.807) is 12.1 Å². The first-order valence-corrected chi connectivity index (χ1v) is 6.72. The number of carbonyl (C=O) groups excluding carboxylic acids is 1. The van der Waals surface area contributed by atoms with Crippen molar-refractivity contribution in [3.8, 4) is 0 Å². The van der Waals surface area contributed by atoms with Crippen molar-refractivity contribution < 1.29 is 9.53 Å². The van der Waals surface area contributed by atoms with Crippen molar-refractivity contribution in [3.63, 3.8) is 0 Å². The molecule has 1 aromatic rings. The Morgan fingerprint density at radius 1 is 1.37 bits per heavy atom. The molecule has 1 amide bonds. The van der Waals surface area contributed by atoms with E-state index in [-0.39, 0.29) is 5.91 Å². The Morgan fingerprint density at radius 2 is 2.11 bits per heavy atom. The summed E-state index contributed by atoms with van der Waals surface area (Å²) in [5.74, 6) is 0.543. The first kappa shape index (κ1) is 15.5. The lowest BCUT2D eigenvalue weighted by molar-refractivity contribution is 0.0905. The molecule has 0 atom stereocenters. The maximum absolute atomic E-state index is 11.9. The molecule has 0 bridgehead atoms. The summed E-state index contributed by atoms with van der Waals surface area (Å²) >= 11 is 0. The number of nitrogens with one attached hydrogen (secondary N) is 1. The van der Waals surface area contributed by atoms with Gasteiger partial charge in [-0.15, -0.1) is 0 Å². The van der Waals surface area contributed by atoms with Gasteiger partial charge >= 0.3 is 0 Å². The van der Waals surface area contributed by atoms with Gasteiger partial charge < -0.3 is 15.8 Å². The molecule has 0 heterocycles. The minimum atomic E-state index is -0.0998. The molecular weight excluding hydrogens is 240 g/mol. The summed E-state index contributed by atoms with van der Waals surface area (Å²) in [4.78, 5) is 11.9. The maximum atomic E-state index is 11.9. The number of ether oxygens (including phenoxy) is 1. The van der Waals surface area contributed by atoms with Crippen LogP contribution < -0.4 is 11.1 Å². The van der Waals surface area contributed by atoms with E-state index in [9.17, 15) is 4.79 Å². The highest BCUT2D eigenvalue weighted by Crippen LogP contribution is 2.12. The third-order valence-electron chi connectivity index (χ3n) is 2.88. The van der Waals surface area contributed by atoms with Crippen LogP contribution in [0.1, 0.15) is 36.2 Å². The normalized spacial score (nSPS) is 10.7. The van der Waals surface area contributed by atoms with Gasteiger partial charge in [-0.25, -0.2) is 0 Å². The van der Waals surface area contributed by atoms with Gasteiger partial charge in [-0.3, -0.25) is 4.79 Å². The van der Waals surface area contributed by atoms with E-state index < -0.39 is 0 Å². The molecular formula is C15H24N2O2. The molecule has 19 heavy (non-hydrogen) atoms. The minimum absolute atomic E-state index is 0.0998. The molecule has 0 fully saturated rings. The van der Waals surface area contributed by atoms with Crippen LogP contribution in [0.4, 0.5) is 5.69 Å². The third kappa shape index (κ3) is 5.75. The van der Waals surface area contributed by atoms with E-state index in [1.165, 1.54) is 0 Å². The molecule has 0 unspecified atom stereocenters. The molecule has 1 rings (SSSR count). The second kappa shape index (κ2) is 7.79. The van der Waals surface area contributed by atoms with Crippen LogP contribution in [0.25, 0.3) is 0 Å². The van der Waals surface area contributed by atoms with E-state index in [0.29, 0.717) is 30.3 Å². The molecule has 3 N–H and O–H groups in total. The number of benzene rings is 1. The molecule has 0 saturated carbocycles. The second-order valence-electron chi connectivity index (χ2n) is 5.13. The number of carbonyl (C=O) groups is 1. The summed E-state index contributed by atoms with van der Waals surface area (Å²) in [6, 6.07) is 5.34. The van der Waals surface area contributed by atoms with Crippen molar-refractivity contribution in [1.29, 1.82) is 0 Å². The number of anilines is 1. The number of nitrogen functional groups attached to an aromatic ring is 1. The molecule has 4 heteroatoms. The van der Waals surface area contributed by atoms with Crippen molar-refractivity contribution in [2.24, 2.45) is 5.92 Å². The molecule has 0 aromatic heterocycles. The van der Waals surface area contributed by atoms with Gasteiger partial charge in [0.05, 0.1) is 6.61 Å². The summed E-state index contributed by atoms with van der Waals surface area (Å²) in [6.45, 7) is 8.02. The van der Waals surface area contributed by atoms with Gasteiger partial charge in [0.15, 0.2) is 0 Å². The van der Waals surface area contributed by atoms with Crippen LogP contribution in [-0.2, 0) is 4.74 Å². The van der Waals surface area contributed by atoms with Gasteiger partial charge in [-0.2, -0.15) is 0 Å². The zero-order valence-electron chi connectivity index (χ0n) is 12.0. The predicted octanol–water partition coefficient (Wildman–Crippen LogP) is 2.37. The quantitative estimate of drug-likeness (QED) is 0.587.